The summed E-state index contributed by atoms with van der Waals surface area (Å²) in [6.45, 7) is 7.39. The van der Waals surface area contributed by atoms with Gasteiger partial charge in [-0.1, -0.05) is 30.3 Å². The Labute approximate surface area is 173 Å². The van der Waals surface area contributed by atoms with Crippen LogP contribution in [0.5, 0.6) is 11.5 Å². The molecule has 0 spiro atoms. The number of ether oxygens (including phenoxy) is 3. The molecule has 2 aromatic carbocycles. The van der Waals surface area contributed by atoms with Crippen molar-refractivity contribution in [3.05, 3.63) is 59.2 Å². The molecule has 156 valence electrons. The highest BCUT2D eigenvalue weighted by atomic mass is 16.5. The Balaban J connectivity index is 1.48. The van der Waals surface area contributed by atoms with Crippen LogP contribution in [0.3, 0.4) is 0 Å². The second-order valence-electron chi connectivity index (χ2n) is 7.18. The second kappa shape index (κ2) is 10.7. The summed E-state index contributed by atoms with van der Waals surface area (Å²) >= 11 is 0. The van der Waals surface area contributed by atoms with Gasteiger partial charge in [0.15, 0.2) is 5.96 Å². The second-order valence-corrected chi connectivity index (χ2v) is 7.18. The zero-order valence-electron chi connectivity index (χ0n) is 17.5. The zero-order chi connectivity index (χ0) is 20.5. The van der Waals surface area contributed by atoms with Crippen LogP contribution in [-0.4, -0.2) is 45.5 Å². The first kappa shape index (κ1) is 21.0. The van der Waals surface area contributed by atoms with E-state index in [0.29, 0.717) is 26.3 Å². The van der Waals surface area contributed by atoms with Crippen molar-refractivity contribution in [3.63, 3.8) is 0 Å². The molecule has 1 atom stereocenters. The summed E-state index contributed by atoms with van der Waals surface area (Å²) in [5.41, 5.74) is 3.41. The van der Waals surface area contributed by atoms with Crippen LogP contribution in [0.1, 0.15) is 23.1 Å². The molecule has 1 unspecified atom stereocenters. The Kier molecular flexibility index (Phi) is 7.76. The average molecular weight is 398 g/mol. The number of aliphatic imine (C=N–C) groups is 1. The van der Waals surface area contributed by atoms with Crippen LogP contribution in [0.2, 0.25) is 0 Å². The molecule has 6 nitrogen and oxygen atoms in total. The molecular weight excluding hydrogens is 366 g/mol. The topological polar surface area (TPSA) is 64.1 Å². The van der Waals surface area contributed by atoms with Crippen LogP contribution in [0, 0.1) is 13.8 Å². The van der Waals surface area contributed by atoms with Crippen molar-refractivity contribution in [2.45, 2.75) is 32.9 Å². The zero-order valence-corrected chi connectivity index (χ0v) is 17.5. The first-order chi connectivity index (χ1) is 14.2. The van der Waals surface area contributed by atoms with Crippen LogP contribution in [-0.2, 0) is 11.3 Å². The summed E-state index contributed by atoms with van der Waals surface area (Å²) in [4.78, 5) is 4.29. The Morgan fingerprint density at radius 2 is 2.00 bits per heavy atom. The quantitative estimate of drug-likeness (QED) is 0.407. The lowest BCUT2D eigenvalue weighted by Crippen LogP contribution is -2.39. The summed E-state index contributed by atoms with van der Waals surface area (Å²) in [5, 5.41) is 6.64. The molecule has 0 amide bonds. The lowest BCUT2D eigenvalue weighted by Gasteiger charge is -2.18. The third-order valence-electron chi connectivity index (χ3n) is 4.82. The predicted molar refractivity (Wildman–Crippen MR) is 116 cm³/mol. The summed E-state index contributed by atoms with van der Waals surface area (Å²) < 4.78 is 17.4. The maximum atomic E-state index is 6.17. The van der Waals surface area contributed by atoms with Gasteiger partial charge in [0, 0.05) is 25.6 Å². The molecule has 1 saturated heterocycles. The number of benzene rings is 2. The van der Waals surface area contributed by atoms with E-state index < -0.39 is 0 Å². The lowest BCUT2D eigenvalue weighted by molar-refractivity contribution is 0.140. The minimum absolute atomic E-state index is 0.131. The normalized spacial score (nSPS) is 16.5. The van der Waals surface area contributed by atoms with Gasteiger partial charge in [0.25, 0.3) is 0 Å². The molecule has 1 aliphatic rings. The van der Waals surface area contributed by atoms with Gasteiger partial charge in [0.1, 0.15) is 24.2 Å². The average Bonchev–Trinajstić information content (AvgIpc) is 3.23. The van der Waals surface area contributed by atoms with E-state index >= 15 is 0 Å². The van der Waals surface area contributed by atoms with E-state index in [1.54, 1.807) is 7.05 Å². The largest absolute Gasteiger partial charge is 0.491 e. The molecule has 0 bridgehead atoms. The van der Waals surface area contributed by atoms with Crippen molar-refractivity contribution in [3.8, 4) is 11.5 Å². The monoisotopic (exact) mass is 397 g/mol. The maximum absolute atomic E-state index is 6.17. The number of para-hydroxylation sites is 1. The number of guanidine groups is 1. The van der Waals surface area contributed by atoms with E-state index in [4.69, 9.17) is 14.2 Å². The third kappa shape index (κ3) is 6.39. The Morgan fingerprint density at radius 1 is 1.14 bits per heavy atom. The molecule has 3 rings (SSSR count). The molecule has 0 radical (unpaired) electrons. The minimum atomic E-state index is 0.131. The van der Waals surface area contributed by atoms with Crippen LogP contribution >= 0.6 is 0 Å². The molecule has 6 heteroatoms. The molecule has 0 aliphatic carbocycles. The highest BCUT2D eigenvalue weighted by Crippen LogP contribution is 2.23. The molecule has 2 aromatic rings. The van der Waals surface area contributed by atoms with Crippen LogP contribution in [0.25, 0.3) is 0 Å². The maximum Gasteiger partial charge on any atom is 0.191 e. The van der Waals surface area contributed by atoms with Crippen LogP contribution in [0.15, 0.2) is 47.5 Å². The van der Waals surface area contributed by atoms with Gasteiger partial charge in [-0.05, 0) is 37.1 Å². The fourth-order valence-corrected chi connectivity index (χ4v) is 3.15. The van der Waals surface area contributed by atoms with Gasteiger partial charge in [-0.15, -0.1) is 0 Å². The van der Waals surface area contributed by atoms with Crippen molar-refractivity contribution in [2.75, 3.05) is 33.4 Å². The number of aryl methyl sites for hydroxylation is 2. The number of hydrogen-bond acceptors (Lipinski definition) is 4. The van der Waals surface area contributed by atoms with Crippen LogP contribution in [0.4, 0.5) is 0 Å². The number of rotatable bonds is 8. The molecule has 0 saturated carbocycles. The van der Waals surface area contributed by atoms with Gasteiger partial charge in [0.2, 0.25) is 0 Å². The minimum Gasteiger partial charge on any atom is -0.491 e. The van der Waals surface area contributed by atoms with Crippen molar-refractivity contribution < 1.29 is 14.2 Å². The highest BCUT2D eigenvalue weighted by molar-refractivity contribution is 5.79. The summed E-state index contributed by atoms with van der Waals surface area (Å²) in [6, 6.07) is 14.3. The van der Waals surface area contributed by atoms with Crippen molar-refractivity contribution >= 4 is 5.96 Å². The molecule has 1 fully saturated rings. The van der Waals surface area contributed by atoms with E-state index in [2.05, 4.69) is 40.7 Å². The molecule has 29 heavy (non-hydrogen) atoms. The smallest absolute Gasteiger partial charge is 0.191 e. The SMILES string of the molecule is CN=C(NCCOc1ccccc1C)NCc1ccc(C)cc1OC1CCOC1. The fourth-order valence-electron chi connectivity index (χ4n) is 3.15. The van der Waals surface area contributed by atoms with Gasteiger partial charge in [0.05, 0.1) is 19.8 Å². The van der Waals surface area contributed by atoms with E-state index in [-0.39, 0.29) is 6.10 Å². The van der Waals surface area contributed by atoms with E-state index in [0.717, 1.165) is 41.6 Å². The number of hydrogen-bond donors (Lipinski definition) is 2. The van der Waals surface area contributed by atoms with E-state index in [9.17, 15) is 0 Å². The van der Waals surface area contributed by atoms with Gasteiger partial charge < -0.3 is 24.8 Å². The van der Waals surface area contributed by atoms with Crippen LogP contribution < -0.4 is 20.1 Å². The third-order valence-corrected chi connectivity index (χ3v) is 4.82. The van der Waals surface area contributed by atoms with Gasteiger partial charge >= 0.3 is 0 Å². The molecule has 1 heterocycles. The molecule has 2 N–H and O–H groups in total. The number of nitrogens with zero attached hydrogens (tertiary/aromatic N) is 1. The van der Waals surface area contributed by atoms with Gasteiger partial charge in [-0.25, -0.2) is 0 Å². The number of nitrogens with one attached hydrogen (secondary N) is 2. The van der Waals surface area contributed by atoms with Gasteiger partial charge in [-0.2, -0.15) is 0 Å². The standard InChI is InChI=1S/C23H31N3O3/c1-17-8-9-19(22(14-17)29-20-10-12-27-16-20)15-26-23(24-3)25-11-13-28-21-7-5-4-6-18(21)2/h4-9,14,20H,10-13,15-16H2,1-3H3,(H2,24,25,26). The molecular formula is C23H31N3O3. The lowest BCUT2D eigenvalue weighted by atomic mass is 10.1. The fraction of sp³-hybridized carbons (Fsp3) is 0.435. The first-order valence-electron chi connectivity index (χ1n) is 10.1. The first-order valence-corrected chi connectivity index (χ1v) is 10.1. The molecule has 0 aromatic heterocycles. The van der Waals surface area contributed by atoms with E-state index in [1.807, 2.05) is 31.2 Å². The van der Waals surface area contributed by atoms with Gasteiger partial charge in [-0.3, -0.25) is 4.99 Å². The summed E-state index contributed by atoms with van der Waals surface area (Å²) in [5.74, 6) is 2.55. The summed E-state index contributed by atoms with van der Waals surface area (Å²) in [7, 11) is 1.76. The Morgan fingerprint density at radius 3 is 2.76 bits per heavy atom. The van der Waals surface area contributed by atoms with E-state index in [1.165, 1.54) is 5.56 Å². The molecule has 1 aliphatic heterocycles. The highest BCUT2D eigenvalue weighted by Gasteiger charge is 2.18. The van der Waals surface area contributed by atoms with Crippen molar-refractivity contribution in [1.82, 2.24) is 10.6 Å². The van der Waals surface area contributed by atoms with Crippen molar-refractivity contribution in [2.24, 2.45) is 4.99 Å². The van der Waals surface area contributed by atoms with Crippen molar-refractivity contribution in [1.29, 1.82) is 0 Å². The Bertz CT molecular complexity index is 817. The predicted octanol–water partition coefficient (Wildman–Crippen LogP) is 3.22. The Hall–Kier alpha value is -2.73. The summed E-state index contributed by atoms with van der Waals surface area (Å²) in [6.07, 6.45) is 1.07.